The van der Waals surface area contributed by atoms with Crippen LogP contribution in [0.15, 0.2) is 92.3 Å². The van der Waals surface area contributed by atoms with E-state index in [0.717, 1.165) is 23.5 Å². The molecule has 4 atom stereocenters. The van der Waals surface area contributed by atoms with E-state index >= 15 is 0 Å². The van der Waals surface area contributed by atoms with Crippen molar-refractivity contribution in [3.05, 3.63) is 93.7 Å². The van der Waals surface area contributed by atoms with Gasteiger partial charge in [-0.05, 0) is 65.2 Å². The summed E-state index contributed by atoms with van der Waals surface area (Å²) in [5.74, 6) is 2.02. The second kappa shape index (κ2) is 3.83. The number of aliphatic imine (C=N–C) groups is 2. The van der Waals surface area contributed by atoms with E-state index in [1.54, 1.807) is 5.57 Å². The van der Waals surface area contributed by atoms with Crippen LogP contribution in [0.4, 0.5) is 0 Å². The number of nitrogens with one attached hydrogen (secondary N) is 1. The first-order valence-corrected chi connectivity index (χ1v) is 10.2. The van der Waals surface area contributed by atoms with E-state index in [-0.39, 0.29) is 0 Å². The molecule has 5 aliphatic heterocycles. The molecule has 0 spiro atoms. The summed E-state index contributed by atoms with van der Waals surface area (Å²) in [5.41, 5.74) is 16.1. The van der Waals surface area contributed by atoms with Crippen molar-refractivity contribution in [3.63, 3.8) is 0 Å². The van der Waals surface area contributed by atoms with Crippen LogP contribution in [0.3, 0.4) is 0 Å². The van der Waals surface area contributed by atoms with Gasteiger partial charge >= 0.3 is 0 Å². The number of aromatic nitrogens is 1. The molecule has 8 aliphatic rings. The average molecular weight is 357 g/mol. The molecule has 0 radical (unpaired) electrons. The Morgan fingerprint density at radius 2 is 1.18 bits per heavy atom. The van der Waals surface area contributed by atoms with Gasteiger partial charge in [-0.1, -0.05) is 12.2 Å². The lowest BCUT2D eigenvalue weighted by Crippen LogP contribution is -2.51. The zero-order valence-corrected chi connectivity index (χ0v) is 15.0. The summed E-state index contributed by atoms with van der Waals surface area (Å²) in [7, 11) is 0. The second-order valence-corrected chi connectivity index (χ2v) is 9.04. The van der Waals surface area contributed by atoms with Gasteiger partial charge in [0.1, 0.15) is 0 Å². The van der Waals surface area contributed by atoms with Crippen molar-refractivity contribution < 1.29 is 0 Å². The topological polar surface area (TPSA) is 40.5 Å². The van der Waals surface area contributed by atoms with Gasteiger partial charge in [0, 0.05) is 46.2 Å². The van der Waals surface area contributed by atoms with Crippen molar-refractivity contribution in [2.24, 2.45) is 33.7 Å². The summed E-state index contributed by atoms with van der Waals surface area (Å²) in [5, 5.41) is 0. The molecule has 0 saturated heterocycles. The van der Waals surface area contributed by atoms with Crippen molar-refractivity contribution in [3.8, 4) is 0 Å². The van der Waals surface area contributed by atoms with E-state index in [1.807, 2.05) is 0 Å². The van der Waals surface area contributed by atoms with Crippen molar-refractivity contribution >= 4 is 22.6 Å². The van der Waals surface area contributed by atoms with Crippen molar-refractivity contribution in [1.82, 2.24) is 4.98 Å². The number of hydrogen-bond donors (Lipinski definition) is 1. The monoisotopic (exact) mass is 357 g/mol. The largest absolute Gasteiger partial charge is 0.355 e. The van der Waals surface area contributed by atoms with Gasteiger partial charge in [-0.2, -0.15) is 0 Å². The molecule has 3 nitrogen and oxygen atoms in total. The first-order chi connectivity index (χ1) is 13.9. The van der Waals surface area contributed by atoms with Gasteiger partial charge in [-0.15, -0.1) is 0 Å². The van der Waals surface area contributed by atoms with E-state index in [2.05, 4.69) is 53.6 Å². The molecule has 1 aromatic heterocycles. The Kier molecular flexibility index (Phi) is 1.79. The van der Waals surface area contributed by atoms with Crippen LogP contribution in [0, 0.1) is 23.7 Å². The maximum atomic E-state index is 5.13. The van der Waals surface area contributed by atoms with Crippen LogP contribution in [0.2, 0.25) is 0 Å². The predicted molar refractivity (Wildman–Crippen MR) is 110 cm³/mol. The van der Waals surface area contributed by atoms with Crippen LogP contribution in [-0.4, -0.2) is 16.4 Å². The van der Waals surface area contributed by atoms with Crippen LogP contribution in [0.5, 0.6) is 0 Å². The van der Waals surface area contributed by atoms with Crippen molar-refractivity contribution in [2.45, 2.75) is 6.42 Å². The number of allylic oxidation sites excluding steroid dienone is 12. The SMILES string of the molecule is C1=CC2=C3C4=NC(=C5c6ccc([nH]6)C6=C7C=CC(=C(C1=N2)[C@H]1[C@@H]3[C@@H]5[C@@H]61)C7)C=C4. The Morgan fingerprint density at radius 1 is 0.607 bits per heavy atom. The molecule has 9 rings (SSSR count). The summed E-state index contributed by atoms with van der Waals surface area (Å²) in [6.07, 6.45) is 14.7. The molecular formula is C25H15N3. The fraction of sp³-hybridized carbons (Fsp3) is 0.200. The fourth-order valence-corrected chi connectivity index (χ4v) is 7.19. The third-order valence-electron chi connectivity index (χ3n) is 8.09. The number of hydrogen-bond acceptors (Lipinski definition) is 2. The van der Waals surface area contributed by atoms with Gasteiger partial charge in [0.2, 0.25) is 0 Å². The van der Waals surface area contributed by atoms with Gasteiger partial charge in [0.25, 0.3) is 0 Å². The Hall–Kier alpha value is -3.20. The smallest absolute Gasteiger partial charge is 0.0694 e. The first-order valence-electron chi connectivity index (χ1n) is 10.2. The lowest BCUT2D eigenvalue weighted by molar-refractivity contribution is 0.131. The molecule has 0 amide bonds. The molecule has 3 aliphatic carbocycles. The highest BCUT2D eigenvalue weighted by Crippen LogP contribution is 2.69. The van der Waals surface area contributed by atoms with E-state index in [9.17, 15) is 0 Å². The third-order valence-corrected chi connectivity index (χ3v) is 8.09. The molecule has 28 heavy (non-hydrogen) atoms. The number of H-pyrrole nitrogens is 1. The molecule has 1 saturated carbocycles. The van der Waals surface area contributed by atoms with Gasteiger partial charge in [-0.3, -0.25) is 0 Å². The summed E-state index contributed by atoms with van der Waals surface area (Å²) in [6, 6.07) is 4.56. The minimum Gasteiger partial charge on any atom is -0.355 e. The summed E-state index contributed by atoms with van der Waals surface area (Å²) in [6.45, 7) is 0. The normalized spacial score (nSPS) is 35.9. The number of nitrogens with zero attached hydrogens (tertiary/aromatic N) is 2. The standard InChI is InChI=1S/C25H15N3/c1-2-11-9-10(1)18-12-3-5-14(26-12)20-16-7-8-17(28-16)21-15-6-4-13(27-15)19(11)23-22(18)24(20)25(21)23/h1-8,22-26H,9H2/t22-,23+,24-,25+/m0/s1. The number of fused-ring (bicyclic) bond motifs is 10. The Bertz CT molecular complexity index is 1390. The zero-order chi connectivity index (χ0) is 17.7. The van der Waals surface area contributed by atoms with Crippen LogP contribution >= 0.6 is 0 Å². The molecule has 0 aromatic carbocycles. The van der Waals surface area contributed by atoms with Crippen LogP contribution in [0.1, 0.15) is 17.8 Å². The van der Waals surface area contributed by atoms with E-state index in [1.165, 1.54) is 45.0 Å². The predicted octanol–water partition coefficient (Wildman–Crippen LogP) is 4.54. The highest BCUT2D eigenvalue weighted by molar-refractivity contribution is 6.19. The second-order valence-electron chi connectivity index (χ2n) is 9.04. The molecule has 0 unspecified atom stereocenters. The van der Waals surface area contributed by atoms with E-state index in [0.29, 0.717) is 23.7 Å². The molecule has 8 bridgehead atoms. The minimum atomic E-state index is 0.482. The molecule has 3 heteroatoms. The quantitative estimate of drug-likeness (QED) is 0.708. The third kappa shape index (κ3) is 1.16. The molecule has 130 valence electrons. The Morgan fingerprint density at radius 3 is 2.00 bits per heavy atom. The van der Waals surface area contributed by atoms with E-state index < -0.39 is 0 Å². The lowest BCUT2D eigenvalue weighted by atomic mass is 9.46. The Balaban J connectivity index is 1.51. The molecular weight excluding hydrogens is 342 g/mol. The van der Waals surface area contributed by atoms with Crippen molar-refractivity contribution in [1.29, 1.82) is 0 Å². The number of rotatable bonds is 0. The van der Waals surface area contributed by atoms with E-state index in [4.69, 9.17) is 9.98 Å². The summed E-state index contributed by atoms with van der Waals surface area (Å²) < 4.78 is 0. The van der Waals surface area contributed by atoms with Crippen LogP contribution in [-0.2, 0) is 0 Å². The van der Waals surface area contributed by atoms with Gasteiger partial charge in [0.15, 0.2) is 0 Å². The zero-order valence-electron chi connectivity index (χ0n) is 15.0. The Labute approximate surface area is 161 Å². The molecule has 1 N–H and O–H groups in total. The lowest BCUT2D eigenvalue weighted by Gasteiger charge is -2.54. The molecule has 1 aromatic rings. The van der Waals surface area contributed by atoms with Gasteiger partial charge in [0.05, 0.1) is 22.8 Å². The maximum Gasteiger partial charge on any atom is 0.0694 e. The average Bonchev–Trinajstić information content (AvgIpc) is 3.43. The molecule has 1 fully saturated rings. The highest BCUT2D eigenvalue weighted by Gasteiger charge is 2.62. The summed E-state index contributed by atoms with van der Waals surface area (Å²) in [4.78, 5) is 14.0. The molecule has 6 heterocycles. The van der Waals surface area contributed by atoms with Gasteiger partial charge in [-0.25, -0.2) is 9.98 Å². The van der Waals surface area contributed by atoms with Gasteiger partial charge < -0.3 is 4.98 Å². The van der Waals surface area contributed by atoms with Crippen LogP contribution < -0.4 is 0 Å². The number of aromatic amines is 1. The first kappa shape index (κ1) is 13.1. The van der Waals surface area contributed by atoms with Crippen molar-refractivity contribution in [2.75, 3.05) is 0 Å². The minimum absolute atomic E-state index is 0.482. The maximum absolute atomic E-state index is 5.13. The summed E-state index contributed by atoms with van der Waals surface area (Å²) >= 11 is 0. The fourth-order valence-electron chi connectivity index (χ4n) is 7.19. The highest BCUT2D eigenvalue weighted by atomic mass is 14.9. The van der Waals surface area contributed by atoms with Crippen LogP contribution in [0.25, 0.3) is 11.1 Å².